The number of rotatable bonds is 3. The number of carbonyl (C=O) groups is 1. The Hall–Kier alpha value is -1.02. The van der Waals surface area contributed by atoms with Crippen LogP contribution in [-0.2, 0) is 5.88 Å². The summed E-state index contributed by atoms with van der Waals surface area (Å²) in [5.41, 5.74) is 1.88. The Balaban J connectivity index is 1.74. The van der Waals surface area contributed by atoms with Crippen LogP contribution in [-0.4, -0.2) is 23.4 Å². The Kier molecular flexibility index (Phi) is 4.30. The van der Waals surface area contributed by atoms with Crippen LogP contribution in [0.1, 0.15) is 54.4 Å². The van der Waals surface area contributed by atoms with Crippen molar-refractivity contribution in [1.29, 1.82) is 0 Å². The topological polar surface area (TPSA) is 20.3 Å². The number of halogens is 1. The van der Waals surface area contributed by atoms with Crippen LogP contribution in [0.25, 0.3) is 0 Å². The van der Waals surface area contributed by atoms with E-state index in [0.717, 1.165) is 30.0 Å². The molecule has 0 N–H and O–H groups in total. The highest BCUT2D eigenvalue weighted by atomic mass is 35.5. The van der Waals surface area contributed by atoms with Gasteiger partial charge in [0.25, 0.3) is 5.91 Å². The third-order valence-electron chi connectivity index (χ3n) is 4.86. The number of hydrogen-bond acceptors (Lipinski definition) is 1. The number of amides is 1. The third-order valence-corrected chi connectivity index (χ3v) is 5.17. The average Bonchev–Trinajstić information content (AvgIpc) is 3.16. The van der Waals surface area contributed by atoms with Gasteiger partial charge in [-0.25, -0.2) is 0 Å². The predicted octanol–water partition coefficient (Wildman–Crippen LogP) is 4.22. The molecule has 108 valence electrons. The van der Waals surface area contributed by atoms with Crippen LogP contribution in [0.2, 0.25) is 0 Å². The summed E-state index contributed by atoms with van der Waals surface area (Å²) in [5, 5.41) is 0. The lowest BCUT2D eigenvalue weighted by molar-refractivity contribution is 0.0689. The number of benzene rings is 1. The molecular weight excluding hydrogens is 270 g/mol. The molecule has 0 bridgehead atoms. The van der Waals surface area contributed by atoms with Crippen molar-refractivity contribution in [3.8, 4) is 0 Å². The number of likely N-dealkylation sites (tertiary alicyclic amines) is 1. The highest BCUT2D eigenvalue weighted by molar-refractivity contribution is 6.17. The van der Waals surface area contributed by atoms with Crippen molar-refractivity contribution in [3.63, 3.8) is 0 Å². The van der Waals surface area contributed by atoms with Crippen LogP contribution in [0.15, 0.2) is 24.3 Å². The van der Waals surface area contributed by atoms with E-state index >= 15 is 0 Å². The molecule has 2 aliphatic rings. The van der Waals surface area contributed by atoms with Gasteiger partial charge >= 0.3 is 0 Å². The molecule has 1 heterocycles. The van der Waals surface area contributed by atoms with E-state index in [-0.39, 0.29) is 5.91 Å². The second-order valence-corrected chi connectivity index (χ2v) is 6.35. The monoisotopic (exact) mass is 291 g/mol. The molecule has 2 nitrogen and oxygen atoms in total. The number of nitrogens with zero attached hydrogens (tertiary/aromatic N) is 1. The number of hydrogen-bond donors (Lipinski definition) is 0. The van der Waals surface area contributed by atoms with E-state index in [1.807, 2.05) is 24.3 Å². The normalized spacial score (nSPS) is 23.4. The molecule has 0 radical (unpaired) electrons. The van der Waals surface area contributed by atoms with E-state index < -0.39 is 0 Å². The van der Waals surface area contributed by atoms with Crippen molar-refractivity contribution in [3.05, 3.63) is 35.4 Å². The lowest BCUT2D eigenvalue weighted by atomic mass is 9.95. The summed E-state index contributed by atoms with van der Waals surface area (Å²) in [5.74, 6) is 1.45. The molecule has 1 atom stereocenters. The van der Waals surface area contributed by atoms with Crippen molar-refractivity contribution < 1.29 is 4.79 Å². The van der Waals surface area contributed by atoms with E-state index in [1.54, 1.807) is 0 Å². The fourth-order valence-electron chi connectivity index (χ4n) is 3.78. The molecule has 1 unspecified atom stereocenters. The summed E-state index contributed by atoms with van der Waals surface area (Å²) in [4.78, 5) is 14.8. The maximum absolute atomic E-state index is 12.7. The van der Waals surface area contributed by atoms with E-state index in [4.69, 9.17) is 11.6 Å². The molecule has 1 aliphatic carbocycles. The van der Waals surface area contributed by atoms with Crippen molar-refractivity contribution in [1.82, 2.24) is 4.90 Å². The summed E-state index contributed by atoms with van der Waals surface area (Å²) < 4.78 is 0. The molecule has 1 amide bonds. The fraction of sp³-hybridized carbons (Fsp3) is 0.588. The summed E-state index contributed by atoms with van der Waals surface area (Å²) >= 11 is 5.80. The maximum atomic E-state index is 12.7. The van der Waals surface area contributed by atoms with E-state index in [2.05, 4.69) is 4.90 Å². The van der Waals surface area contributed by atoms with Crippen molar-refractivity contribution >= 4 is 17.5 Å². The maximum Gasteiger partial charge on any atom is 0.254 e. The van der Waals surface area contributed by atoms with E-state index in [0.29, 0.717) is 11.9 Å². The van der Waals surface area contributed by atoms with Gasteiger partial charge in [-0.05, 0) is 49.3 Å². The molecule has 1 aliphatic heterocycles. The van der Waals surface area contributed by atoms with Crippen LogP contribution in [0.3, 0.4) is 0 Å². The van der Waals surface area contributed by atoms with Crippen LogP contribution >= 0.6 is 11.6 Å². The molecule has 2 fully saturated rings. The minimum Gasteiger partial charge on any atom is -0.335 e. The summed E-state index contributed by atoms with van der Waals surface area (Å²) in [7, 11) is 0. The molecule has 0 aromatic heterocycles. The van der Waals surface area contributed by atoms with E-state index in [1.165, 1.54) is 32.1 Å². The van der Waals surface area contributed by atoms with Crippen molar-refractivity contribution in [2.45, 2.75) is 50.4 Å². The zero-order valence-electron chi connectivity index (χ0n) is 11.9. The Labute approximate surface area is 126 Å². The second-order valence-electron chi connectivity index (χ2n) is 6.08. The SMILES string of the molecule is O=C(c1ccc(CCl)cc1)N1CCCC1C1CCCC1. The lowest BCUT2D eigenvalue weighted by Gasteiger charge is -2.29. The minimum atomic E-state index is 0.209. The molecular formula is C17H22ClNO. The molecule has 1 aromatic carbocycles. The van der Waals surface area contributed by atoms with Gasteiger partial charge in [-0.3, -0.25) is 4.79 Å². The zero-order valence-corrected chi connectivity index (χ0v) is 12.6. The Morgan fingerprint density at radius 1 is 1.10 bits per heavy atom. The van der Waals surface area contributed by atoms with Crippen molar-refractivity contribution in [2.75, 3.05) is 6.54 Å². The van der Waals surface area contributed by atoms with Crippen molar-refractivity contribution in [2.24, 2.45) is 5.92 Å². The van der Waals surface area contributed by atoms with Gasteiger partial charge in [0, 0.05) is 24.0 Å². The average molecular weight is 292 g/mol. The smallest absolute Gasteiger partial charge is 0.254 e. The minimum absolute atomic E-state index is 0.209. The van der Waals surface area contributed by atoms with Gasteiger partial charge in [-0.15, -0.1) is 11.6 Å². The Morgan fingerprint density at radius 2 is 1.80 bits per heavy atom. The van der Waals surface area contributed by atoms with Gasteiger partial charge in [0.05, 0.1) is 0 Å². The third kappa shape index (κ3) is 2.71. The Bertz CT molecular complexity index is 464. The molecule has 1 saturated heterocycles. The zero-order chi connectivity index (χ0) is 13.9. The van der Waals surface area contributed by atoms with E-state index in [9.17, 15) is 4.79 Å². The van der Waals surface area contributed by atoms with Gasteiger partial charge in [-0.2, -0.15) is 0 Å². The highest BCUT2D eigenvalue weighted by Crippen LogP contribution is 2.36. The highest BCUT2D eigenvalue weighted by Gasteiger charge is 2.36. The summed E-state index contributed by atoms with van der Waals surface area (Å²) in [6, 6.07) is 8.24. The van der Waals surface area contributed by atoms with Gasteiger partial charge < -0.3 is 4.90 Å². The van der Waals surface area contributed by atoms with Crippen LogP contribution in [0.5, 0.6) is 0 Å². The van der Waals surface area contributed by atoms with Gasteiger partial charge in [0.15, 0.2) is 0 Å². The standard InChI is InChI=1S/C17H22ClNO/c18-12-13-7-9-15(10-8-13)17(20)19-11-3-6-16(19)14-4-1-2-5-14/h7-10,14,16H,1-6,11-12H2. The summed E-state index contributed by atoms with van der Waals surface area (Å²) in [6.45, 7) is 0.928. The van der Waals surface area contributed by atoms with Gasteiger partial charge in [0.1, 0.15) is 0 Å². The quantitative estimate of drug-likeness (QED) is 0.764. The molecule has 3 heteroatoms. The summed E-state index contributed by atoms with van der Waals surface area (Å²) in [6.07, 6.45) is 7.64. The van der Waals surface area contributed by atoms with Crippen LogP contribution < -0.4 is 0 Å². The first-order valence-electron chi connectivity index (χ1n) is 7.75. The first-order chi connectivity index (χ1) is 9.79. The van der Waals surface area contributed by atoms with Crippen LogP contribution in [0, 0.1) is 5.92 Å². The van der Waals surface area contributed by atoms with Crippen LogP contribution in [0.4, 0.5) is 0 Å². The largest absolute Gasteiger partial charge is 0.335 e. The molecule has 20 heavy (non-hydrogen) atoms. The number of carbonyl (C=O) groups excluding carboxylic acids is 1. The second kappa shape index (κ2) is 6.17. The molecule has 1 aromatic rings. The van der Waals surface area contributed by atoms with Gasteiger partial charge in [0.2, 0.25) is 0 Å². The first kappa shape index (κ1) is 13.9. The Morgan fingerprint density at radius 3 is 2.45 bits per heavy atom. The number of alkyl halides is 1. The molecule has 1 saturated carbocycles. The molecule has 3 rings (SSSR count). The fourth-order valence-corrected chi connectivity index (χ4v) is 3.96. The molecule has 0 spiro atoms. The van der Waals surface area contributed by atoms with Gasteiger partial charge in [-0.1, -0.05) is 25.0 Å². The predicted molar refractivity (Wildman–Crippen MR) is 82.0 cm³/mol. The first-order valence-corrected chi connectivity index (χ1v) is 8.29. The lowest BCUT2D eigenvalue weighted by Crippen LogP contribution is -2.39.